The lowest BCUT2D eigenvalue weighted by molar-refractivity contribution is -0.384. The maximum Gasteiger partial charge on any atom is 0.293 e. The largest absolute Gasteiger partial charge is 0.377 e. The molecule has 0 saturated carbocycles. The summed E-state index contributed by atoms with van der Waals surface area (Å²) in [5.74, 6) is 0. The molecule has 98 valence electrons. The lowest BCUT2D eigenvalue weighted by Crippen LogP contribution is -2.21. The fraction of sp³-hybridized carbons (Fsp3) is 0.500. The Bertz CT molecular complexity index is 431. The van der Waals surface area contributed by atoms with Crippen LogP contribution in [0, 0.1) is 10.1 Å². The number of nitro benzene ring substituents is 1. The minimum Gasteiger partial charge on any atom is -0.377 e. The first-order chi connectivity index (χ1) is 8.66. The fourth-order valence-electron chi connectivity index (χ4n) is 2.16. The number of benzene rings is 1. The third-order valence-electron chi connectivity index (χ3n) is 3.09. The second-order valence-electron chi connectivity index (χ2n) is 4.44. The molecule has 0 radical (unpaired) electrons. The van der Waals surface area contributed by atoms with E-state index in [1.807, 2.05) is 6.07 Å². The highest BCUT2D eigenvalue weighted by Gasteiger charge is 2.18. The van der Waals surface area contributed by atoms with Gasteiger partial charge in [-0.3, -0.25) is 10.1 Å². The smallest absolute Gasteiger partial charge is 0.293 e. The van der Waals surface area contributed by atoms with Crippen LogP contribution in [-0.2, 0) is 0 Å². The van der Waals surface area contributed by atoms with E-state index in [0.717, 1.165) is 36.8 Å². The molecular formula is C12H16BrN3O2. The van der Waals surface area contributed by atoms with Crippen LogP contribution in [0.3, 0.4) is 0 Å². The summed E-state index contributed by atoms with van der Waals surface area (Å²) in [5.41, 5.74) is 0.733. The zero-order chi connectivity index (χ0) is 13.0. The van der Waals surface area contributed by atoms with E-state index in [1.165, 1.54) is 6.07 Å². The van der Waals surface area contributed by atoms with Gasteiger partial charge in [0.2, 0.25) is 0 Å². The van der Waals surface area contributed by atoms with E-state index in [-0.39, 0.29) is 10.6 Å². The number of nitro groups is 1. The van der Waals surface area contributed by atoms with E-state index in [0.29, 0.717) is 11.7 Å². The number of anilines is 1. The molecular weight excluding hydrogens is 298 g/mol. The van der Waals surface area contributed by atoms with Crippen molar-refractivity contribution in [2.45, 2.75) is 25.3 Å². The number of hydrogen-bond donors (Lipinski definition) is 2. The molecule has 1 fully saturated rings. The lowest BCUT2D eigenvalue weighted by atomic mass is 10.1. The maximum atomic E-state index is 11.0. The molecule has 2 rings (SSSR count). The van der Waals surface area contributed by atoms with E-state index >= 15 is 0 Å². The second kappa shape index (κ2) is 6.15. The molecule has 1 atom stereocenters. The van der Waals surface area contributed by atoms with E-state index in [9.17, 15) is 10.1 Å². The van der Waals surface area contributed by atoms with Crippen LogP contribution in [-0.4, -0.2) is 24.1 Å². The van der Waals surface area contributed by atoms with Crippen LogP contribution in [0.1, 0.15) is 19.3 Å². The zero-order valence-electron chi connectivity index (χ0n) is 9.99. The first-order valence-corrected chi connectivity index (χ1v) is 6.87. The van der Waals surface area contributed by atoms with Gasteiger partial charge in [-0.15, -0.1) is 0 Å². The van der Waals surface area contributed by atoms with Gasteiger partial charge in [-0.1, -0.05) is 15.9 Å². The van der Waals surface area contributed by atoms with Crippen molar-refractivity contribution in [3.05, 3.63) is 32.8 Å². The summed E-state index contributed by atoms with van der Waals surface area (Å²) in [6.07, 6.45) is 3.13. The minimum atomic E-state index is -0.345. The van der Waals surface area contributed by atoms with E-state index < -0.39 is 0 Å². The molecule has 5 nitrogen and oxygen atoms in total. The molecule has 18 heavy (non-hydrogen) atoms. The van der Waals surface area contributed by atoms with E-state index in [2.05, 4.69) is 26.6 Å². The quantitative estimate of drug-likeness (QED) is 0.665. The molecule has 1 heterocycles. The van der Waals surface area contributed by atoms with Gasteiger partial charge < -0.3 is 10.6 Å². The average molecular weight is 314 g/mol. The van der Waals surface area contributed by atoms with Gasteiger partial charge in [-0.05, 0) is 44.5 Å². The minimum absolute atomic E-state index is 0.126. The monoisotopic (exact) mass is 313 g/mol. The molecule has 1 unspecified atom stereocenters. The van der Waals surface area contributed by atoms with Crippen LogP contribution in [0.15, 0.2) is 22.7 Å². The standard InChI is InChI=1S/C12H16BrN3O2/c13-9-3-4-11(12(8-9)16(17)18)15-10-2-1-6-14-7-5-10/h3-4,8,10,14-15H,1-2,5-7H2. The van der Waals surface area contributed by atoms with Crippen LogP contribution in [0.5, 0.6) is 0 Å². The first-order valence-electron chi connectivity index (χ1n) is 6.08. The van der Waals surface area contributed by atoms with Crippen molar-refractivity contribution >= 4 is 27.3 Å². The summed E-state index contributed by atoms with van der Waals surface area (Å²) >= 11 is 3.26. The molecule has 0 spiro atoms. The Hall–Kier alpha value is -1.14. The Balaban J connectivity index is 2.14. The van der Waals surface area contributed by atoms with Crippen molar-refractivity contribution in [2.24, 2.45) is 0 Å². The highest BCUT2D eigenvalue weighted by atomic mass is 79.9. The summed E-state index contributed by atoms with van der Waals surface area (Å²) in [4.78, 5) is 10.7. The van der Waals surface area contributed by atoms with E-state index in [4.69, 9.17) is 0 Å². The van der Waals surface area contributed by atoms with Crippen molar-refractivity contribution in [3.63, 3.8) is 0 Å². The third kappa shape index (κ3) is 3.43. The molecule has 1 aromatic rings. The van der Waals surface area contributed by atoms with Gasteiger partial charge in [-0.2, -0.15) is 0 Å². The molecule has 2 N–H and O–H groups in total. The molecule has 1 saturated heterocycles. The second-order valence-corrected chi connectivity index (χ2v) is 5.36. The predicted molar refractivity (Wildman–Crippen MR) is 74.9 cm³/mol. The summed E-state index contributed by atoms with van der Waals surface area (Å²) in [7, 11) is 0. The molecule has 1 aromatic carbocycles. The Morgan fingerprint density at radius 2 is 2.22 bits per heavy atom. The van der Waals surface area contributed by atoms with Gasteiger partial charge in [-0.25, -0.2) is 0 Å². The first kappa shape index (κ1) is 13.3. The molecule has 0 aromatic heterocycles. The van der Waals surface area contributed by atoms with Crippen molar-refractivity contribution in [1.82, 2.24) is 5.32 Å². The number of nitrogens with one attached hydrogen (secondary N) is 2. The molecule has 1 aliphatic heterocycles. The SMILES string of the molecule is O=[N+]([O-])c1cc(Br)ccc1NC1CCCNCC1. The highest BCUT2D eigenvalue weighted by Crippen LogP contribution is 2.29. The molecule has 0 amide bonds. The Morgan fingerprint density at radius 1 is 1.39 bits per heavy atom. The Kier molecular flexibility index (Phi) is 4.54. The van der Waals surface area contributed by atoms with Crippen LogP contribution < -0.4 is 10.6 Å². The summed E-state index contributed by atoms with van der Waals surface area (Å²) in [6, 6.07) is 5.43. The third-order valence-corrected chi connectivity index (χ3v) is 3.59. The summed E-state index contributed by atoms with van der Waals surface area (Å²) in [5, 5.41) is 17.6. The van der Waals surface area contributed by atoms with Crippen molar-refractivity contribution in [1.29, 1.82) is 0 Å². The van der Waals surface area contributed by atoms with Crippen LogP contribution in [0.2, 0.25) is 0 Å². The van der Waals surface area contributed by atoms with Crippen molar-refractivity contribution < 1.29 is 4.92 Å². The molecule has 0 aliphatic carbocycles. The number of halogens is 1. The number of rotatable bonds is 3. The molecule has 1 aliphatic rings. The summed E-state index contributed by atoms with van der Waals surface area (Å²) < 4.78 is 0.724. The van der Waals surface area contributed by atoms with Gasteiger partial charge in [0.1, 0.15) is 5.69 Å². The van der Waals surface area contributed by atoms with Gasteiger partial charge in [0.25, 0.3) is 5.69 Å². The maximum absolute atomic E-state index is 11.0. The lowest BCUT2D eigenvalue weighted by Gasteiger charge is -2.17. The molecule has 0 bridgehead atoms. The van der Waals surface area contributed by atoms with E-state index in [1.54, 1.807) is 6.07 Å². The van der Waals surface area contributed by atoms with Crippen molar-refractivity contribution in [2.75, 3.05) is 18.4 Å². The normalized spacial score (nSPS) is 20.2. The zero-order valence-corrected chi connectivity index (χ0v) is 11.6. The predicted octanol–water partition coefficient (Wildman–Crippen LogP) is 2.91. The number of hydrogen-bond acceptors (Lipinski definition) is 4. The average Bonchev–Trinajstić information content (AvgIpc) is 2.60. The van der Waals surface area contributed by atoms with Crippen LogP contribution >= 0.6 is 15.9 Å². The molecule has 6 heteroatoms. The van der Waals surface area contributed by atoms with Gasteiger partial charge >= 0.3 is 0 Å². The van der Waals surface area contributed by atoms with Crippen LogP contribution in [0.25, 0.3) is 0 Å². The fourth-order valence-corrected chi connectivity index (χ4v) is 2.51. The van der Waals surface area contributed by atoms with Gasteiger partial charge in [0, 0.05) is 16.6 Å². The van der Waals surface area contributed by atoms with Gasteiger partial charge in [0.05, 0.1) is 4.92 Å². The van der Waals surface area contributed by atoms with Gasteiger partial charge in [0.15, 0.2) is 0 Å². The highest BCUT2D eigenvalue weighted by molar-refractivity contribution is 9.10. The number of nitrogens with zero attached hydrogens (tertiary/aromatic N) is 1. The van der Waals surface area contributed by atoms with Crippen LogP contribution in [0.4, 0.5) is 11.4 Å². The Labute approximate surface area is 114 Å². The topological polar surface area (TPSA) is 67.2 Å². The Morgan fingerprint density at radius 3 is 3.00 bits per heavy atom. The van der Waals surface area contributed by atoms with Crippen molar-refractivity contribution in [3.8, 4) is 0 Å². The summed E-state index contributed by atoms with van der Waals surface area (Å²) in [6.45, 7) is 1.99.